The average Bonchev–Trinajstić information content (AvgIpc) is 2.69. The van der Waals surface area contributed by atoms with Crippen LogP contribution in [0, 0.1) is 0 Å². The summed E-state index contributed by atoms with van der Waals surface area (Å²) in [5, 5.41) is 4.74. The zero-order valence-electron chi connectivity index (χ0n) is 13.8. The molecule has 2 aromatic carbocycles. The van der Waals surface area contributed by atoms with Gasteiger partial charge in [0.05, 0.1) is 0 Å². The number of rotatable bonds is 3. The van der Waals surface area contributed by atoms with Crippen LogP contribution in [0.1, 0.15) is 10.4 Å². The fourth-order valence-electron chi connectivity index (χ4n) is 2.87. The molecule has 126 valence electrons. The van der Waals surface area contributed by atoms with Gasteiger partial charge in [-0.25, -0.2) is 0 Å². The fourth-order valence-corrected chi connectivity index (χ4v) is 2.87. The second kappa shape index (κ2) is 6.64. The van der Waals surface area contributed by atoms with Crippen LogP contribution in [-0.4, -0.2) is 15.9 Å². The molecule has 4 rings (SSSR count). The minimum Gasteiger partial charge on any atom is -0.328 e. The molecule has 0 aliphatic carbocycles. The van der Waals surface area contributed by atoms with Gasteiger partial charge < -0.3 is 10.3 Å². The second-order valence-corrected chi connectivity index (χ2v) is 5.86. The molecule has 5 nitrogen and oxygen atoms in total. The van der Waals surface area contributed by atoms with E-state index in [-0.39, 0.29) is 5.56 Å². The first-order chi connectivity index (χ1) is 12.7. The Labute approximate surface area is 149 Å². The van der Waals surface area contributed by atoms with Crippen LogP contribution in [0.15, 0.2) is 84.0 Å². The fraction of sp³-hybridized carbons (Fsp3) is 0. The number of amides is 1. The number of H-pyrrole nitrogens is 1. The molecule has 0 saturated heterocycles. The lowest BCUT2D eigenvalue weighted by Gasteiger charge is -2.08. The number of anilines is 1. The Kier molecular flexibility index (Phi) is 4.03. The van der Waals surface area contributed by atoms with Crippen molar-refractivity contribution in [2.45, 2.75) is 0 Å². The summed E-state index contributed by atoms with van der Waals surface area (Å²) >= 11 is 0. The first-order valence-corrected chi connectivity index (χ1v) is 8.14. The third-order valence-corrected chi connectivity index (χ3v) is 4.16. The Balaban J connectivity index is 1.77. The highest BCUT2D eigenvalue weighted by atomic mass is 16.2. The highest BCUT2D eigenvalue weighted by Crippen LogP contribution is 2.27. The molecule has 4 aromatic rings. The monoisotopic (exact) mass is 341 g/mol. The molecule has 2 N–H and O–H groups in total. The molecule has 1 amide bonds. The molecular weight excluding hydrogens is 326 g/mol. The van der Waals surface area contributed by atoms with Crippen LogP contribution in [0.4, 0.5) is 5.69 Å². The van der Waals surface area contributed by atoms with Crippen LogP contribution in [0.25, 0.3) is 21.9 Å². The summed E-state index contributed by atoms with van der Waals surface area (Å²) in [5.74, 6) is -0.451. The van der Waals surface area contributed by atoms with Crippen molar-refractivity contribution in [1.29, 1.82) is 0 Å². The van der Waals surface area contributed by atoms with Crippen molar-refractivity contribution >= 4 is 22.4 Å². The van der Waals surface area contributed by atoms with Crippen molar-refractivity contribution in [3.8, 4) is 11.1 Å². The molecule has 2 aromatic heterocycles. The molecule has 0 aliphatic heterocycles. The first kappa shape index (κ1) is 15.8. The van der Waals surface area contributed by atoms with E-state index >= 15 is 0 Å². The summed E-state index contributed by atoms with van der Waals surface area (Å²) in [4.78, 5) is 31.6. The Morgan fingerprint density at radius 1 is 0.962 bits per heavy atom. The Morgan fingerprint density at radius 2 is 1.73 bits per heavy atom. The quantitative estimate of drug-likeness (QED) is 0.594. The van der Waals surface area contributed by atoms with Crippen LogP contribution < -0.4 is 10.9 Å². The molecule has 2 heterocycles. The number of aromatic amines is 1. The summed E-state index contributed by atoms with van der Waals surface area (Å²) in [5.41, 5.74) is 1.84. The van der Waals surface area contributed by atoms with Gasteiger partial charge in [0.25, 0.3) is 11.5 Å². The molecule has 0 saturated carbocycles. The standard InChI is InChI=1S/C21H15N3O2/c25-20-18(21(26)24-16-7-2-1-3-8-16)10-15(12-23-20)19-13-22-11-14-6-4-5-9-17(14)19/h1-13H,(H,23,25)(H,24,26). The number of hydrogen-bond donors (Lipinski definition) is 2. The van der Waals surface area contributed by atoms with E-state index in [2.05, 4.69) is 15.3 Å². The van der Waals surface area contributed by atoms with E-state index in [9.17, 15) is 9.59 Å². The van der Waals surface area contributed by atoms with Gasteiger partial charge in [-0.05, 0) is 23.6 Å². The van der Waals surface area contributed by atoms with Crippen LogP contribution >= 0.6 is 0 Å². The number of para-hydroxylation sites is 1. The Hall–Kier alpha value is -3.73. The normalized spacial score (nSPS) is 10.6. The van der Waals surface area contributed by atoms with Gasteiger partial charge in [-0.1, -0.05) is 42.5 Å². The molecule has 0 fully saturated rings. The van der Waals surface area contributed by atoms with Crippen LogP contribution in [0.2, 0.25) is 0 Å². The van der Waals surface area contributed by atoms with E-state index in [1.54, 1.807) is 36.8 Å². The number of aromatic nitrogens is 2. The molecule has 0 radical (unpaired) electrons. The van der Waals surface area contributed by atoms with Gasteiger partial charge in [0.15, 0.2) is 0 Å². The van der Waals surface area contributed by atoms with E-state index in [1.807, 2.05) is 42.5 Å². The topological polar surface area (TPSA) is 74.8 Å². The summed E-state index contributed by atoms with van der Waals surface area (Å²) in [7, 11) is 0. The van der Waals surface area contributed by atoms with Crippen molar-refractivity contribution in [2.75, 3.05) is 5.32 Å². The van der Waals surface area contributed by atoms with Crippen molar-refractivity contribution in [3.63, 3.8) is 0 Å². The number of carbonyl (C=O) groups is 1. The summed E-state index contributed by atoms with van der Waals surface area (Å²) in [6.07, 6.45) is 5.12. The van der Waals surface area contributed by atoms with Gasteiger partial charge in [-0.2, -0.15) is 0 Å². The van der Waals surface area contributed by atoms with Crippen molar-refractivity contribution in [1.82, 2.24) is 9.97 Å². The number of fused-ring (bicyclic) bond motifs is 1. The smallest absolute Gasteiger partial charge is 0.261 e. The number of nitrogens with zero attached hydrogens (tertiary/aromatic N) is 1. The molecule has 0 bridgehead atoms. The van der Waals surface area contributed by atoms with Crippen molar-refractivity contribution in [3.05, 3.63) is 95.2 Å². The highest BCUT2D eigenvalue weighted by molar-refractivity contribution is 6.05. The summed E-state index contributed by atoms with van der Waals surface area (Å²) < 4.78 is 0. The molecular formula is C21H15N3O2. The van der Waals surface area contributed by atoms with Gasteiger partial charge in [0.1, 0.15) is 5.56 Å². The summed E-state index contributed by atoms with van der Waals surface area (Å²) in [6, 6.07) is 18.5. The average molecular weight is 341 g/mol. The number of hydrogen-bond acceptors (Lipinski definition) is 3. The van der Waals surface area contributed by atoms with E-state index in [0.29, 0.717) is 5.69 Å². The minimum atomic E-state index is -0.451. The van der Waals surface area contributed by atoms with Crippen LogP contribution in [0.5, 0.6) is 0 Å². The van der Waals surface area contributed by atoms with Crippen molar-refractivity contribution < 1.29 is 4.79 Å². The lowest BCUT2D eigenvalue weighted by Crippen LogP contribution is -2.22. The van der Waals surface area contributed by atoms with Gasteiger partial charge in [0, 0.05) is 40.8 Å². The first-order valence-electron chi connectivity index (χ1n) is 8.14. The third-order valence-electron chi connectivity index (χ3n) is 4.16. The lowest BCUT2D eigenvalue weighted by molar-refractivity contribution is 0.102. The molecule has 0 unspecified atom stereocenters. The lowest BCUT2D eigenvalue weighted by atomic mass is 10.0. The second-order valence-electron chi connectivity index (χ2n) is 5.86. The SMILES string of the molecule is O=C(Nc1ccccc1)c1cc(-c2cncc3ccccc23)c[nH]c1=O. The number of nitrogens with one attached hydrogen (secondary N) is 2. The van der Waals surface area contributed by atoms with Crippen LogP contribution in [-0.2, 0) is 0 Å². The van der Waals surface area contributed by atoms with E-state index < -0.39 is 11.5 Å². The van der Waals surface area contributed by atoms with E-state index in [4.69, 9.17) is 0 Å². The minimum absolute atomic E-state index is 0.0549. The predicted octanol–water partition coefficient (Wildman–Crippen LogP) is 3.84. The molecule has 0 atom stereocenters. The zero-order chi connectivity index (χ0) is 17.9. The van der Waals surface area contributed by atoms with E-state index in [1.165, 1.54) is 0 Å². The third kappa shape index (κ3) is 2.98. The number of pyridine rings is 2. The molecule has 26 heavy (non-hydrogen) atoms. The number of carbonyl (C=O) groups excluding carboxylic acids is 1. The van der Waals surface area contributed by atoms with E-state index in [0.717, 1.165) is 21.9 Å². The Morgan fingerprint density at radius 3 is 2.58 bits per heavy atom. The highest BCUT2D eigenvalue weighted by Gasteiger charge is 2.13. The maximum Gasteiger partial charge on any atom is 0.261 e. The van der Waals surface area contributed by atoms with Gasteiger partial charge in [-0.15, -0.1) is 0 Å². The molecule has 0 spiro atoms. The van der Waals surface area contributed by atoms with Gasteiger partial charge in [-0.3, -0.25) is 14.6 Å². The molecule has 0 aliphatic rings. The predicted molar refractivity (Wildman–Crippen MR) is 102 cm³/mol. The van der Waals surface area contributed by atoms with Crippen molar-refractivity contribution in [2.24, 2.45) is 0 Å². The van der Waals surface area contributed by atoms with Gasteiger partial charge in [0.2, 0.25) is 0 Å². The maximum absolute atomic E-state index is 12.5. The number of benzene rings is 2. The zero-order valence-corrected chi connectivity index (χ0v) is 13.8. The summed E-state index contributed by atoms with van der Waals surface area (Å²) in [6.45, 7) is 0. The Bertz CT molecular complexity index is 1150. The van der Waals surface area contributed by atoms with Gasteiger partial charge >= 0.3 is 0 Å². The largest absolute Gasteiger partial charge is 0.328 e. The maximum atomic E-state index is 12.5. The van der Waals surface area contributed by atoms with Crippen LogP contribution in [0.3, 0.4) is 0 Å². The molecule has 5 heteroatoms.